The van der Waals surface area contributed by atoms with Crippen LogP contribution in [0.25, 0.3) is 0 Å². The lowest BCUT2D eigenvalue weighted by molar-refractivity contribution is 0.642. The largest absolute Gasteiger partial charge is 0.383 e. The van der Waals surface area contributed by atoms with Crippen LogP contribution in [0.4, 0.5) is 11.5 Å². The third-order valence-electron chi connectivity index (χ3n) is 2.61. The van der Waals surface area contributed by atoms with Crippen molar-refractivity contribution in [2.45, 2.75) is 26.4 Å². The summed E-state index contributed by atoms with van der Waals surface area (Å²) in [5.41, 5.74) is 6.83. The minimum Gasteiger partial charge on any atom is -0.383 e. The highest BCUT2D eigenvalue weighted by atomic mass is 32.1. The van der Waals surface area contributed by atoms with Gasteiger partial charge in [-0.3, -0.25) is 19.3 Å². The Morgan fingerprint density at radius 2 is 2.32 bits per heavy atom. The van der Waals surface area contributed by atoms with Gasteiger partial charge in [0.25, 0.3) is 5.56 Å². The van der Waals surface area contributed by atoms with Crippen LogP contribution in [-0.4, -0.2) is 14.5 Å². The highest BCUT2D eigenvalue weighted by Crippen LogP contribution is 2.13. The van der Waals surface area contributed by atoms with Crippen molar-refractivity contribution in [2.75, 3.05) is 11.1 Å². The molecular weight excluding hydrogens is 266 g/mol. The molecule has 2 rings (SSSR count). The fourth-order valence-electron chi connectivity index (χ4n) is 1.71. The Labute approximate surface area is 113 Å². The molecule has 0 aromatic carbocycles. The number of nitrogens with two attached hydrogens (primary N) is 1. The summed E-state index contributed by atoms with van der Waals surface area (Å²) in [5, 5.41) is 2.95. The van der Waals surface area contributed by atoms with Gasteiger partial charge in [-0.25, -0.2) is 4.79 Å². The number of hydrogen-bond acceptors (Lipinski definition) is 6. The average Bonchev–Trinajstić information content (AvgIpc) is 2.87. The molecule has 0 unspecified atom stereocenters. The maximum atomic E-state index is 11.8. The molecule has 4 N–H and O–H groups in total. The molecule has 7 nitrogen and oxygen atoms in total. The topological polar surface area (TPSA) is 106 Å². The van der Waals surface area contributed by atoms with Crippen molar-refractivity contribution in [1.29, 1.82) is 0 Å². The Bertz CT molecular complexity index is 659. The van der Waals surface area contributed by atoms with Gasteiger partial charge in [0.05, 0.1) is 12.1 Å². The molecule has 102 valence electrons. The zero-order chi connectivity index (χ0) is 13.8. The number of aromatic amines is 1. The van der Waals surface area contributed by atoms with E-state index < -0.39 is 11.2 Å². The second-order valence-electron chi connectivity index (χ2n) is 3.99. The van der Waals surface area contributed by atoms with Crippen LogP contribution in [0.3, 0.4) is 0 Å². The first kappa shape index (κ1) is 13.3. The second kappa shape index (κ2) is 5.70. The van der Waals surface area contributed by atoms with E-state index in [1.165, 1.54) is 15.9 Å². The van der Waals surface area contributed by atoms with Crippen molar-refractivity contribution in [3.05, 3.63) is 37.4 Å². The van der Waals surface area contributed by atoms with Gasteiger partial charge in [-0.1, -0.05) is 6.92 Å². The van der Waals surface area contributed by atoms with Gasteiger partial charge in [0.15, 0.2) is 0 Å². The van der Waals surface area contributed by atoms with Crippen molar-refractivity contribution < 1.29 is 0 Å². The maximum Gasteiger partial charge on any atom is 0.330 e. The summed E-state index contributed by atoms with van der Waals surface area (Å²) >= 11 is 1.48. The van der Waals surface area contributed by atoms with Crippen molar-refractivity contribution in [1.82, 2.24) is 14.5 Å². The third-order valence-corrected chi connectivity index (χ3v) is 3.39. The predicted octanol–water partition coefficient (Wildman–Crippen LogP) is 0.597. The lowest BCUT2D eigenvalue weighted by Crippen LogP contribution is -2.34. The number of nitrogen functional groups attached to an aromatic ring is 1. The van der Waals surface area contributed by atoms with E-state index in [-0.39, 0.29) is 11.5 Å². The van der Waals surface area contributed by atoms with Gasteiger partial charge in [0.1, 0.15) is 11.5 Å². The number of nitrogens with zero attached hydrogens (tertiary/aromatic N) is 2. The Kier molecular flexibility index (Phi) is 4.00. The van der Waals surface area contributed by atoms with E-state index >= 15 is 0 Å². The van der Waals surface area contributed by atoms with Crippen molar-refractivity contribution in [3.63, 3.8) is 0 Å². The van der Waals surface area contributed by atoms with Crippen LogP contribution in [-0.2, 0) is 13.1 Å². The Hall–Kier alpha value is -2.09. The average molecular weight is 281 g/mol. The van der Waals surface area contributed by atoms with Crippen LogP contribution in [0.15, 0.2) is 21.3 Å². The van der Waals surface area contributed by atoms with E-state index in [1.54, 1.807) is 11.7 Å². The zero-order valence-electron chi connectivity index (χ0n) is 10.5. The molecule has 0 radical (unpaired) electrons. The van der Waals surface area contributed by atoms with Gasteiger partial charge < -0.3 is 11.1 Å². The molecule has 2 aromatic heterocycles. The molecule has 2 heterocycles. The van der Waals surface area contributed by atoms with E-state index in [0.717, 1.165) is 11.3 Å². The van der Waals surface area contributed by atoms with Gasteiger partial charge in [0, 0.05) is 17.6 Å². The number of anilines is 2. The summed E-state index contributed by atoms with van der Waals surface area (Å²) in [6, 6.07) is 0. The molecule has 0 aliphatic rings. The molecule has 0 amide bonds. The minimum atomic E-state index is -0.501. The van der Waals surface area contributed by atoms with Crippen molar-refractivity contribution in [2.24, 2.45) is 0 Å². The zero-order valence-corrected chi connectivity index (χ0v) is 11.3. The van der Waals surface area contributed by atoms with Crippen LogP contribution < -0.4 is 22.3 Å². The monoisotopic (exact) mass is 281 g/mol. The molecule has 0 saturated carbocycles. The summed E-state index contributed by atoms with van der Waals surface area (Å²) in [6.07, 6.45) is 2.47. The Morgan fingerprint density at radius 1 is 1.53 bits per heavy atom. The number of nitrogens with one attached hydrogen (secondary N) is 2. The summed E-state index contributed by atoms with van der Waals surface area (Å²) in [4.78, 5) is 30.6. The van der Waals surface area contributed by atoms with Crippen LogP contribution in [0.1, 0.15) is 18.2 Å². The number of H-pyrrole nitrogens is 1. The van der Waals surface area contributed by atoms with Gasteiger partial charge in [-0.15, -0.1) is 11.3 Å². The first-order valence-corrected chi connectivity index (χ1v) is 6.75. The molecule has 0 bridgehead atoms. The molecule has 0 aliphatic carbocycles. The van der Waals surface area contributed by atoms with Crippen LogP contribution in [0.2, 0.25) is 0 Å². The quantitative estimate of drug-likeness (QED) is 0.744. The number of aromatic nitrogens is 3. The highest BCUT2D eigenvalue weighted by molar-refractivity contribution is 7.09. The summed E-state index contributed by atoms with van der Waals surface area (Å²) in [5.74, 6) is 0.167. The smallest absolute Gasteiger partial charge is 0.330 e. The van der Waals surface area contributed by atoms with E-state index in [4.69, 9.17) is 5.73 Å². The molecular formula is C11H15N5O2S. The van der Waals surface area contributed by atoms with Gasteiger partial charge >= 0.3 is 5.69 Å². The predicted molar refractivity (Wildman–Crippen MR) is 75.5 cm³/mol. The lowest BCUT2D eigenvalue weighted by Gasteiger charge is -2.12. The maximum absolute atomic E-state index is 11.8. The lowest BCUT2D eigenvalue weighted by atomic mass is 10.4. The van der Waals surface area contributed by atoms with Crippen molar-refractivity contribution >= 4 is 22.8 Å². The molecule has 0 aliphatic heterocycles. The number of rotatable bonds is 5. The Balaban J connectivity index is 2.31. The number of hydrogen-bond donors (Lipinski definition) is 3. The normalized spacial score (nSPS) is 10.6. The van der Waals surface area contributed by atoms with Crippen LogP contribution in [0.5, 0.6) is 0 Å². The van der Waals surface area contributed by atoms with E-state index in [1.807, 2.05) is 6.92 Å². The number of thiazole rings is 1. The SMILES string of the molecule is CCCn1c(N)c(NCc2cncs2)c(=O)[nH]c1=O. The molecule has 0 fully saturated rings. The van der Waals surface area contributed by atoms with Gasteiger partial charge in [0.2, 0.25) is 0 Å². The molecule has 0 spiro atoms. The summed E-state index contributed by atoms with van der Waals surface area (Å²) in [7, 11) is 0. The highest BCUT2D eigenvalue weighted by Gasteiger charge is 2.11. The first-order chi connectivity index (χ1) is 9.13. The molecule has 0 saturated heterocycles. The molecule has 19 heavy (non-hydrogen) atoms. The van der Waals surface area contributed by atoms with E-state index in [0.29, 0.717) is 13.1 Å². The standard InChI is InChI=1S/C11H15N5O2S/c1-2-3-16-9(12)8(10(17)15-11(16)18)14-5-7-4-13-6-19-7/h4,6,14H,2-3,5,12H2,1H3,(H,15,17,18). The fourth-order valence-corrected chi connectivity index (χ4v) is 2.24. The van der Waals surface area contributed by atoms with E-state index in [2.05, 4.69) is 15.3 Å². The fraction of sp³-hybridized carbons (Fsp3) is 0.364. The third kappa shape index (κ3) is 2.84. The van der Waals surface area contributed by atoms with Gasteiger partial charge in [-0.05, 0) is 6.42 Å². The van der Waals surface area contributed by atoms with Crippen LogP contribution in [0, 0.1) is 0 Å². The van der Waals surface area contributed by atoms with Crippen LogP contribution >= 0.6 is 11.3 Å². The first-order valence-electron chi connectivity index (χ1n) is 5.87. The Morgan fingerprint density at radius 3 is 2.95 bits per heavy atom. The molecule has 0 atom stereocenters. The second-order valence-corrected chi connectivity index (χ2v) is 4.96. The summed E-state index contributed by atoms with van der Waals surface area (Å²) < 4.78 is 1.36. The van der Waals surface area contributed by atoms with E-state index in [9.17, 15) is 9.59 Å². The minimum absolute atomic E-state index is 0.167. The summed E-state index contributed by atoms with van der Waals surface area (Å²) in [6.45, 7) is 2.85. The molecule has 8 heteroatoms. The van der Waals surface area contributed by atoms with Gasteiger partial charge in [-0.2, -0.15) is 0 Å². The molecule has 2 aromatic rings. The van der Waals surface area contributed by atoms with Crippen molar-refractivity contribution in [3.8, 4) is 0 Å².